The summed E-state index contributed by atoms with van der Waals surface area (Å²) in [5.74, 6) is 1.17. The number of ether oxygens (including phenoxy) is 1. The van der Waals surface area contributed by atoms with Gasteiger partial charge in [0.2, 0.25) is 5.91 Å². The Bertz CT molecular complexity index is 814. The van der Waals surface area contributed by atoms with E-state index in [1.807, 2.05) is 13.0 Å². The molecule has 1 aliphatic rings. The summed E-state index contributed by atoms with van der Waals surface area (Å²) in [4.78, 5) is 15.3. The van der Waals surface area contributed by atoms with Crippen LogP contribution >= 0.6 is 15.9 Å². The van der Waals surface area contributed by atoms with Crippen molar-refractivity contribution in [3.63, 3.8) is 0 Å². The van der Waals surface area contributed by atoms with Crippen molar-refractivity contribution < 1.29 is 9.53 Å². The first-order valence-corrected chi connectivity index (χ1v) is 11.2. The molecular formula is C24H31BrN2O2. The normalized spacial score (nSPS) is 16.4. The first kappa shape index (κ1) is 21.8. The number of hydrogen-bond acceptors (Lipinski definition) is 3. The minimum absolute atomic E-state index is 0.0490. The lowest BCUT2D eigenvalue weighted by atomic mass is 9.94. The average Bonchev–Trinajstić information content (AvgIpc) is 2.74. The summed E-state index contributed by atoms with van der Waals surface area (Å²) < 4.78 is 6.46. The Hall–Kier alpha value is -1.85. The second-order valence-electron chi connectivity index (χ2n) is 7.88. The molecule has 4 nitrogen and oxygen atoms in total. The Morgan fingerprint density at radius 2 is 1.90 bits per heavy atom. The van der Waals surface area contributed by atoms with Crippen molar-refractivity contribution in [3.8, 4) is 5.75 Å². The third-order valence-electron chi connectivity index (χ3n) is 5.82. The predicted molar refractivity (Wildman–Crippen MR) is 121 cm³/mol. The zero-order valence-electron chi connectivity index (χ0n) is 17.6. The molecule has 0 spiro atoms. The molecule has 1 fully saturated rings. The summed E-state index contributed by atoms with van der Waals surface area (Å²) in [7, 11) is 1.68. The van der Waals surface area contributed by atoms with Gasteiger partial charge in [0.1, 0.15) is 5.75 Å². The van der Waals surface area contributed by atoms with Gasteiger partial charge in [-0.2, -0.15) is 0 Å². The summed E-state index contributed by atoms with van der Waals surface area (Å²) in [5.41, 5.74) is 3.56. The van der Waals surface area contributed by atoms with Gasteiger partial charge in [0.05, 0.1) is 13.2 Å². The third-order valence-corrected chi connectivity index (χ3v) is 6.35. The fraction of sp³-hybridized carbons (Fsp3) is 0.458. The molecule has 156 valence electrons. The maximum atomic E-state index is 12.9. The van der Waals surface area contributed by atoms with Crippen LogP contribution in [0.1, 0.15) is 48.9 Å². The first-order chi connectivity index (χ1) is 14.0. The summed E-state index contributed by atoms with van der Waals surface area (Å²) >= 11 is 3.48. The minimum Gasteiger partial charge on any atom is -0.496 e. The van der Waals surface area contributed by atoms with Crippen molar-refractivity contribution in [2.45, 2.75) is 45.7 Å². The predicted octanol–water partition coefficient (Wildman–Crippen LogP) is 5.25. The van der Waals surface area contributed by atoms with Gasteiger partial charge in [-0.05, 0) is 74.2 Å². The molecule has 1 heterocycles. The Labute approximate surface area is 182 Å². The number of likely N-dealkylation sites (tertiary alicyclic amines) is 1. The highest BCUT2D eigenvalue weighted by Crippen LogP contribution is 2.26. The van der Waals surface area contributed by atoms with Crippen LogP contribution < -0.4 is 10.1 Å². The lowest BCUT2D eigenvalue weighted by Gasteiger charge is -2.32. The average molecular weight is 459 g/mol. The van der Waals surface area contributed by atoms with Gasteiger partial charge in [0.15, 0.2) is 0 Å². The monoisotopic (exact) mass is 458 g/mol. The van der Waals surface area contributed by atoms with Crippen LogP contribution in [0.15, 0.2) is 46.9 Å². The molecule has 5 heteroatoms. The van der Waals surface area contributed by atoms with Crippen molar-refractivity contribution in [3.05, 3.63) is 63.6 Å². The second-order valence-corrected chi connectivity index (χ2v) is 8.79. The number of amides is 1. The van der Waals surface area contributed by atoms with E-state index in [0.29, 0.717) is 0 Å². The van der Waals surface area contributed by atoms with Gasteiger partial charge in [-0.15, -0.1) is 0 Å². The molecule has 1 N–H and O–H groups in total. The lowest BCUT2D eigenvalue weighted by molar-refractivity contribution is -0.127. The number of piperidine rings is 1. The van der Waals surface area contributed by atoms with E-state index in [-0.39, 0.29) is 17.9 Å². The molecule has 1 saturated heterocycles. The Kier molecular flexibility index (Phi) is 7.73. The van der Waals surface area contributed by atoms with Gasteiger partial charge < -0.3 is 10.1 Å². The number of nitrogens with zero attached hydrogens (tertiary/aromatic N) is 1. The number of benzene rings is 2. The summed E-state index contributed by atoms with van der Waals surface area (Å²) in [6.07, 6.45) is 2.71. The molecule has 2 aromatic rings. The molecule has 1 amide bonds. The quantitative estimate of drug-likeness (QED) is 0.615. The van der Waals surface area contributed by atoms with Crippen molar-refractivity contribution in [1.82, 2.24) is 10.2 Å². The number of carbonyl (C=O) groups is 1. The molecule has 29 heavy (non-hydrogen) atoms. The zero-order chi connectivity index (χ0) is 20.8. The summed E-state index contributed by atoms with van der Waals surface area (Å²) in [6.45, 7) is 7.03. The maximum absolute atomic E-state index is 12.9. The van der Waals surface area contributed by atoms with Crippen LogP contribution in [0.25, 0.3) is 0 Å². The van der Waals surface area contributed by atoms with E-state index in [2.05, 4.69) is 69.5 Å². The van der Waals surface area contributed by atoms with E-state index in [0.717, 1.165) is 60.2 Å². The molecule has 0 bridgehead atoms. The maximum Gasteiger partial charge on any atom is 0.223 e. The largest absolute Gasteiger partial charge is 0.496 e. The summed E-state index contributed by atoms with van der Waals surface area (Å²) in [6, 6.07) is 14.7. The molecule has 3 rings (SSSR count). The van der Waals surface area contributed by atoms with E-state index >= 15 is 0 Å². The van der Waals surface area contributed by atoms with E-state index in [1.54, 1.807) is 7.11 Å². The van der Waals surface area contributed by atoms with E-state index < -0.39 is 0 Å². The first-order valence-electron chi connectivity index (χ1n) is 10.4. The van der Waals surface area contributed by atoms with Gasteiger partial charge in [-0.25, -0.2) is 0 Å². The fourth-order valence-electron chi connectivity index (χ4n) is 4.03. The van der Waals surface area contributed by atoms with Crippen molar-refractivity contribution in [1.29, 1.82) is 0 Å². The lowest BCUT2D eigenvalue weighted by Crippen LogP contribution is -2.41. The number of halogens is 1. The van der Waals surface area contributed by atoms with Crippen LogP contribution in [-0.4, -0.2) is 31.0 Å². The summed E-state index contributed by atoms with van der Waals surface area (Å²) in [5, 5.41) is 3.28. The van der Waals surface area contributed by atoms with Crippen molar-refractivity contribution >= 4 is 21.8 Å². The number of carbonyl (C=O) groups excluding carboxylic acids is 1. The Morgan fingerprint density at radius 3 is 2.48 bits per heavy atom. The van der Waals surface area contributed by atoms with Crippen LogP contribution in [0.2, 0.25) is 0 Å². The highest BCUT2D eigenvalue weighted by Gasteiger charge is 2.26. The van der Waals surface area contributed by atoms with E-state index in [9.17, 15) is 4.79 Å². The molecule has 1 aliphatic heterocycles. The highest BCUT2D eigenvalue weighted by atomic mass is 79.9. The molecular weight excluding hydrogens is 428 g/mol. The van der Waals surface area contributed by atoms with Crippen LogP contribution in [0.3, 0.4) is 0 Å². The zero-order valence-corrected chi connectivity index (χ0v) is 19.2. The van der Waals surface area contributed by atoms with Gasteiger partial charge >= 0.3 is 0 Å². The van der Waals surface area contributed by atoms with Gasteiger partial charge in [0.25, 0.3) is 0 Å². The van der Waals surface area contributed by atoms with Crippen molar-refractivity contribution in [2.24, 2.45) is 5.92 Å². The number of methoxy groups -OCH3 is 1. The van der Waals surface area contributed by atoms with Crippen LogP contribution in [-0.2, 0) is 11.3 Å². The van der Waals surface area contributed by atoms with E-state index in [4.69, 9.17) is 4.74 Å². The van der Waals surface area contributed by atoms with Crippen LogP contribution in [0, 0.1) is 12.8 Å². The number of aryl methyl sites for hydroxylation is 1. The molecule has 0 aliphatic carbocycles. The fourth-order valence-corrected chi connectivity index (χ4v) is 4.29. The molecule has 0 unspecified atom stereocenters. The number of hydrogen-bond donors (Lipinski definition) is 1. The SMILES string of the molecule is CC[C@H](NC(=O)C1CCN(Cc2ccc(Br)cc2)CC1)c1ccc(OC)c(C)c1. The molecule has 0 radical (unpaired) electrons. The Balaban J connectivity index is 1.53. The molecule has 1 atom stereocenters. The molecule has 2 aromatic carbocycles. The molecule has 0 aromatic heterocycles. The van der Waals surface area contributed by atoms with Crippen LogP contribution in [0.5, 0.6) is 5.75 Å². The van der Waals surface area contributed by atoms with Crippen LogP contribution in [0.4, 0.5) is 0 Å². The van der Waals surface area contributed by atoms with Gasteiger partial charge in [-0.3, -0.25) is 9.69 Å². The topological polar surface area (TPSA) is 41.6 Å². The van der Waals surface area contributed by atoms with Crippen molar-refractivity contribution in [2.75, 3.05) is 20.2 Å². The third kappa shape index (κ3) is 5.83. The van der Waals surface area contributed by atoms with Gasteiger partial charge in [0, 0.05) is 16.9 Å². The van der Waals surface area contributed by atoms with Gasteiger partial charge in [-0.1, -0.05) is 47.1 Å². The number of rotatable bonds is 7. The second kappa shape index (κ2) is 10.3. The smallest absolute Gasteiger partial charge is 0.223 e. The highest BCUT2D eigenvalue weighted by molar-refractivity contribution is 9.10. The number of nitrogens with one attached hydrogen (secondary N) is 1. The molecule has 0 saturated carbocycles. The van der Waals surface area contributed by atoms with E-state index in [1.165, 1.54) is 5.56 Å². The minimum atomic E-state index is 0.0490. The standard InChI is InChI=1S/C24H31BrN2O2/c1-4-22(20-7-10-23(29-3)17(2)15-20)26-24(28)19-11-13-27(14-12-19)16-18-5-8-21(25)9-6-18/h5-10,15,19,22H,4,11-14,16H2,1-3H3,(H,26,28)/t22-/m0/s1. The Morgan fingerprint density at radius 1 is 1.21 bits per heavy atom.